The van der Waals surface area contributed by atoms with E-state index in [1.54, 1.807) is 12.1 Å². The Morgan fingerprint density at radius 2 is 1.00 bits per heavy atom. The van der Waals surface area contributed by atoms with Gasteiger partial charge >= 0.3 is 0 Å². The molecule has 0 bridgehead atoms. The molecule has 0 amide bonds. The van der Waals surface area contributed by atoms with Crippen molar-refractivity contribution in [2.75, 3.05) is 28.4 Å². The highest BCUT2D eigenvalue weighted by Crippen LogP contribution is 2.48. The summed E-state index contributed by atoms with van der Waals surface area (Å²) in [6.07, 6.45) is 3.00. The van der Waals surface area contributed by atoms with E-state index >= 15 is 0 Å². The molecule has 5 aromatic rings. The Morgan fingerprint density at radius 1 is 0.610 bits per heavy atom. The van der Waals surface area contributed by atoms with Crippen LogP contribution in [0.4, 0.5) is 0 Å². The highest BCUT2D eigenvalue weighted by atomic mass is 32.1. The first-order valence-corrected chi connectivity index (χ1v) is 13.3. The normalized spacial score (nSPS) is 11.1. The Morgan fingerprint density at radius 3 is 1.34 bits per heavy atom. The van der Waals surface area contributed by atoms with Gasteiger partial charge in [0.15, 0.2) is 34.2 Å². The summed E-state index contributed by atoms with van der Waals surface area (Å²) in [5.41, 5.74) is 1.38. The third-order valence-electron chi connectivity index (χ3n) is 6.51. The standard InChI is InChI=1S/C30H28O10S/c1-15(31)21-23(33-3)19-9-11-37-25(19)29(35-5)27(21)39-13-17-7-8-18(41-17)14-40-28-22(16(2)32)24(34-4)20-10-12-38-26(20)30(28)36-6/h7-12H,13-14H2,1-6H3. The molecule has 0 N–H and O–H groups in total. The van der Waals surface area contributed by atoms with Crippen molar-refractivity contribution in [2.24, 2.45) is 0 Å². The number of hydrogen-bond donors (Lipinski definition) is 0. The van der Waals surface area contributed by atoms with Crippen molar-refractivity contribution in [1.29, 1.82) is 0 Å². The van der Waals surface area contributed by atoms with Crippen LogP contribution in [0.25, 0.3) is 21.9 Å². The van der Waals surface area contributed by atoms with Crippen molar-refractivity contribution in [1.82, 2.24) is 0 Å². The van der Waals surface area contributed by atoms with Gasteiger partial charge in [-0.3, -0.25) is 9.59 Å². The van der Waals surface area contributed by atoms with E-state index in [1.807, 2.05) is 12.1 Å². The maximum atomic E-state index is 12.6. The first kappa shape index (κ1) is 27.9. The molecule has 0 aliphatic rings. The van der Waals surface area contributed by atoms with Crippen LogP contribution in [0.3, 0.4) is 0 Å². The lowest BCUT2D eigenvalue weighted by molar-refractivity contribution is 0.0996. The molecule has 10 nitrogen and oxygen atoms in total. The lowest BCUT2D eigenvalue weighted by atomic mass is 10.0. The predicted octanol–water partition coefficient (Wildman–Crippen LogP) is 6.84. The molecule has 11 heteroatoms. The van der Waals surface area contributed by atoms with Gasteiger partial charge in [-0.25, -0.2) is 0 Å². The molecule has 0 saturated carbocycles. The third kappa shape index (κ3) is 4.82. The maximum Gasteiger partial charge on any atom is 0.205 e. The summed E-state index contributed by atoms with van der Waals surface area (Å²) in [6.45, 7) is 3.17. The van der Waals surface area contributed by atoms with Crippen molar-refractivity contribution in [3.05, 3.63) is 57.7 Å². The molecule has 0 unspecified atom stereocenters. The minimum absolute atomic E-state index is 0.144. The van der Waals surface area contributed by atoms with E-state index in [4.69, 9.17) is 37.3 Å². The molecule has 0 radical (unpaired) electrons. The van der Waals surface area contributed by atoms with E-state index < -0.39 is 0 Å². The fourth-order valence-corrected chi connectivity index (χ4v) is 5.66. The molecule has 214 valence electrons. The molecular weight excluding hydrogens is 552 g/mol. The van der Waals surface area contributed by atoms with Crippen LogP contribution in [0.1, 0.15) is 44.3 Å². The fourth-order valence-electron chi connectivity index (χ4n) is 4.81. The van der Waals surface area contributed by atoms with Crippen LogP contribution in [-0.2, 0) is 13.2 Å². The molecule has 3 heterocycles. The Balaban J connectivity index is 1.42. The number of rotatable bonds is 12. The summed E-state index contributed by atoms with van der Waals surface area (Å²) in [4.78, 5) is 27.0. The summed E-state index contributed by atoms with van der Waals surface area (Å²) in [7, 11) is 5.95. The van der Waals surface area contributed by atoms with E-state index in [1.165, 1.54) is 66.1 Å². The minimum Gasteiger partial charge on any atom is -0.495 e. The highest BCUT2D eigenvalue weighted by Gasteiger charge is 2.29. The highest BCUT2D eigenvalue weighted by molar-refractivity contribution is 7.11. The van der Waals surface area contributed by atoms with Crippen LogP contribution in [-0.4, -0.2) is 40.0 Å². The van der Waals surface area contributed by atoms with Crippen molar-refractivity contribution in [3.63, 3.8) is 0 Å². The van der Waals surface area contributed by atoms with Gasteiger partial charge in [0.1, 0.15) is 35.8 Å². The largest absolute Gasteiger partial charge is 0.495 e. The fraction of sp³-hybridized carbons (Fsp3) is 0.267. The summed E-state index contributed by atoms with van der Waals surface area (Å²) >= 11 is 1.45. The Kier molecular flexibility index (Phi) is 7.80. The molecule has 0 saturated heterocycles. The number of ketones is 2. The number of hydrogen-bond acceptors (Lipinski definition) is 11. The van der Waals surface area contributed by atoms with Gasteiger partial charge < -0.3 is 37.3 Å². The smallest absolute Gasteiger partial charge is 0.205 e. The number of carbonyl (C=O) groups excluding carboxylic acids is 2. The average molecular weight is 581 g/mol. The van der Waals surface area contributed by atoms with Gasteiger partial charge in [-0.05, 0) is 38.1 Å². The lowest BCUT2D eigenvalue weighted by Gasteiger charge is -2.17. The first-order chi connectivity index (χ1) is 19.8. The molecule has 41 heavy (non-hydrogen) atoms. The number of furan rings is 2. The van der Waals surface area contributed by atoms with Crippen molar-refractivity contribution < 1.29 is 46.8 Å². The van der Waals surface area contributed by atoms with Crippen LogP contribution >= 0.6 is 11.3 Å². The van der Waals surface area contributed by atoms with Gasteiger partial charge in [0.2, 0.25) is 11.5 Å². The molecule has 3 aromatic heterocycles. The van der Waals surface area contributed by atoms with Crippen LogP contribution < -0.4 is 28.4 Å². The van der Waals surface area contributed by atoms with E-state index in [9.17, 15) is 9.59 Å². The van der Waals surface area contributed by atoms with E-state index in [2.05, 4.69) is 0 Å². The molecular formula is C30H28O10S. The molecule has 5 rings (SSSR count). The number of methoxy groups -OCH3 is 4. The molecule has 2 aromatic carbocycles. The van der Waals surface area contributed by atoms with Gasteiger partial charge in [0.25, 0.3) is 0 Å². The number of fused-ring (bicyclic) bond motifs is 2. The van der Waals surface area contributed by atoms with Crippen LogP contribution in [0.15, 0.2) is 45.6 Å². The summed E-state index contributed by atoms with van der Waals surface area (Å²) < 4.78 is 45.8. The summed E-state index contributed by atoms with van der Waals surface area (Å²) in [5, 5.41) is 1.23. The van der Waals surface area contributed by atoms with Crippen molar-refractivity contribution >= 4 is 44.8 Å². The predicted molar refractivity (Wildman–Crippen MR) is 152 cm³/mol. The topological polar surface area (TPSA) is 116 Å². The van der Waals surface area contributed by atoms with E-state index in [0.29, 0.717) is 44.9 Å². The zero-order valence-electron chi connectivity index (χ0n) is 23.4. The molecule has 0 aliphatic carbocycles. The second kappa shape index (κ2) is 11.5. The molecule has 0 atom stereocenters. The van der Waals surface area contributed by atoms with Crippen LogP contribution in [0.5, 0.6) is 34.5 Å². The monoisotopic (exact) mass is 580 g/mol. The quantitative estimate of drug-likeness (QED) is 0.145. The van der Waals surface area contributed by atoms with E-state index in [0.717, 1.165) is 9.75 Å². The van der Waals surface area contributed by atoms with E-state index in [-0.39, 0.29) is 47.4 Å². The average Bonchev–Trinajstić information content (AvgIpc) is 3.73. The Hall–Kier alpha value is -4.64. The zero-order chi connectivity index (χ0) is 29.3. The van der Waals surface area contributed by atoms with Gasteiger partial charge in [-0.15, -0.1) is 11.3 Å². The van der Waals surface area contributed by atoms with Crippen molar-refractivity contribution in [3.8, 4) is 34.5 Å². The minimum atomic E-state index is -0.238. The second-order valence-electron chi connectivity index (χ2n) is 8.93. The number of benzene rings is 2. The first-order valence-electron chi connectivity index (χ1n) is 12.5. The van der Waals surface area contributed by atoms with Crippen molar-refractivity contribution in [2.45, 2.75) is 27.1 Å². The summed E-state index contributed by atoms with van der Waals surface area (Å²) in [6, 6.07) is 7.21. The van der Waals surface area contributed by atoms with Gasteiger partial charge in [0.05, 0.1) is 51.7 Å². The number of thiophene rings is 1. The van der Waals surface area contributed by atoms with Gasteiger partial charge in [-0.2, -0.15) is 0 Å². The van der Waals surface area contributed by atoms with Crippen LogP contribution in [0.2, 0.25) is 0 Å². The third-order valence-corrected chi connectivity index (χ3v) is 7.54. The maximum absolute atomic E-state index is 12.6. The number of ether oxygens (including phenoxy) is 6. The SMILES string of the molecule is COc1c(C(C)=O)c(OCc2ccc(COc3c(C(C)=O)c(OC)c4ccoc4c3OC)s2)c(OC)c2occc12. The zero-order valence-corrected chi connectivity index (χ0v) is 24.2. The Labute approximate surface area is 239 Å². The number of carbonyl (C=O) groups is 2. The molecule has 0 spiro atoms. The second-order valence-corrected chi connectivity index (χ2v) is 10.2. The molecule has 0 fully saturated rings. The number of Topliss-reactive ketones (excluding diaryl/α,β-unsaturated/α-hetero) is 2. The Bertz CT molecular complexity index is 1630. The molecule has 0 aliphatic heterocycles. The van der Waals surface area contributed by atoms with Gasteiger partial charge in [-0.1, -0.05) is 0 Å². The van der Waals surface area contributed by atoms with Crippen LogP contribution in [0, 0.1) is 0 Å². The lowest BCUT2D eigenvalue weighted by Crippen LogP contribution is -2.06. The summed E-state index contributed by atoms with van der Waals surface area (Å²) in [5.74, 6) is 1.33. The van der Waals surface area contributed by atoms with Gasteiger partial charge in [0, 0.05) is 9.75 Å².